The first-order valence-corrected chi connectivity index (χ1v) is 9.38. The first-order chi connectivity index (χ1) is 13.0. The quantitative estimate of drug-likeness (QED) is 0.900. The number of nitrogens with zero attached hydrogens (tertiary/aromatic N) is 2. The Balaban J connectivity index is 1.45. The van der Waals surface area contributed by atoms with Gasteiger partial charge in [-0.1, -0.05) is 32.0 Å². The van der Waals surface area contributed by atoms with Crippen molar-refractivity contribution in [3.63, 3.8) is 0 Å². The average Bonchev–Trinajstić information content (AvgIpc) is 3.02. The predicted molar refractivity (Wildman–Crippen MR) is 103 cm³/mol. The Labute approximate surface area is 159 Å². The fraction of sp³-hybridized carbons (Fsp3) is 0.429. The smallest absolute Gasteiger partial charge is 0.255 e. The molecule has 0 unspecified atom stereocenters. The summed E-state index contributed by atoms with van der Waals surface area (Å²) < 4.78 is 11.2. The minimum atomic E-state index is -0.136. The highest BCUT2D eigenvalue weighted by atomic mass is 16.5. The minimum absolute atomic E-state index is 0.0698. The van der Waals surface area contributed by atoms with E-state index in [1.165, 1.54) is 0 Å². The van der Waals surface area contributed by atoms with Crippen molar-refractivity contribution in [2.75, 3.05) is 37.8 Å². The molecule has 0 spiro atoms. The first-order valence-electron chi connectivity index (χ1n) is 9.38. The number of hydrogen-bond donors (Lipinski definition) is 1. The molecule has 0 atom stereocenters. The van der Waals surface area contributed by atoms with E-state index in [4.69, 9.17) is 9.47 Å². The molecule has 142 valence electrons. The summed E-state index contributed by atoms with van der Waals surface area (Å²) >= 11 is 0. The van der Waals surface area contributed by atoms with E-state index in [9.17, 15) is 4.79 Å². The van der Waals surface area contributed by atoms with Crippen LogP contribution in [0.15, 0.2) is 36.4 Å². The molecule has 6 heteroatoms. The first kappa shape index (κ1) is 17.8. The minimum Gasteiger partial charge on any atom is -0.492 e. The summed E-state index contributed by atoms with van der Waals surface area (Å²) in [6.45, 7) is 8.34. The zero-order chi connectivity index (χ0) is 18.9. The van der Waals surface area contributed by atoms with Crippen molar-refractivity contribution in [3.8, 4) is 5.75 Å². The lowest BCUT2D eigenvalue weighted by Gasteiger charge is -2.28. The molecule has 2 aromatic rings. The molecule has 2 aliphatic heterocycles. The number of rotatable bonds is 4. The number of pyridine rings is 1. The SMILES string of the molecule is CC1(C)COc2c(C(=O)NCc3cccc(N4CCOCC4)n3)cccc21. The molecule has 2 aliphatic rings. The van der Waals surface area contributed by atoms with Gasteiger partial charge in [-0.25, -0.2) is 4.98 Å². The Bertz CT molecular complexity index is 844. The van der Waals surface area contributed by atoms with E-state index in [2.05, 4.69) is 29.0 Å². The van der Waals surface area contributed by atoms with E-state index in [-0.39, 0.29) is 11.3 Å². The fourth-order valence-corrected chi connectivity index (χ4v) is 3.53. The van der Waals surface area contributed by atoms with E-state index in [0.717, 1.165) is 43.4 Å². The van der Waals surface area contributed by atoms with Gasteiger partial charge >= 0.3 is 0 Å². The Morgan fingerprint density at radius 1 is 1.19 bits per heavy atom. The third-order valence-electron chi connectivity index (χ3n) is 5.12. The summed E-state index contributed by atoms with van der Waals surface area (Å²) in [5.41, 5.74) is 2.44. The number of amides is 1. The average molecular weight is 367 g/mol. The highest BCUT2D eigenvalue weighted by molar-refractivity contribution is 5.97. The monoisotopic (exact) mass is 367 g/mol. The van der Waals surface area contributed by atoms with Crippen molar-refractivity contribution >= 4 is 11.7 Å². The van der Waals surface area contributed by atoms with Crippen LogP contribution in [-0.4, -0.2) is 43.8 Å². The number of aromatic nitrogens is 1. The lowest BCUT2D eigenvalue weighted by Crippen LogP contribution is -2.37. The number of anilines is 1. The second-order valence-electron chi connectivity index (χ2n) is 7.62. The van der Waals surface area contributed by atoms with Gasteiger partial charge in [0.25, 0.3) is 5.91 Å². The maximum atomic E-state index is 12.7. The maximum Gasteiger partial charge on any atom is 0.255 e. The number of carbonyl (C=O) groups excluding carboxylic acids is 1. The van der Waals surface area contributed by atoms with Crippen LogP contribution < -0.4 is 15.0 Å². The highest BCUT2D eigenvalue weighted by Gasteiger charge is 2.34. The van der Waals surface area contributed by atoms with Gasteiger partial charge in [0.2, 0.25) is 0 Å². The topological polar surface area (TPSA) is 63.7 Å². The van der Waals surface area contributed by atoms with Crippen LogP contribution in [0.25, 0.3) is 0 Å². The van der Waals surface area contributed by atoms with Crippen LogP contribution in [0.2, 0.25) is 0 Å². The molecule has 6 nitrogen and oxygen atoms in total. The number of fused-ring (bicyclic) bond motifs is 1. The van der Waals surface area contributed by atoms with Crippen LogP contribution in [0, 0.1) is 0 Å². The van der Waals surface area contributed by atoms with Crippen LogP contribution in [0.5, 0.6) is 5.75 Å². The molecule has 0 aliphatic carbocycles. The molecule has 1 amide bonds. The molecule has 1 fully saturated rings. The number of morpholine rings is 1. The number of benzene rings is 1. The van der Waals surface area contributed by atoms with E-state index < -0.39 is 0 Å². The van der Waals surface area contributed by atoms with Crippen LogP contribution in [0.3, 0.4) is 0 Å². The fourth-order valence-electron chi connectivity index (χ4n) is 3.53. The van der Waals surface area contributed by atoms with Crippen molar-refractivity contribution in [1.29, 1.82) is 0 Å². The molecule has 0 saturated carbocycles. The zero-order valence-electron chi connectivity index (χ0n) is 15.8. The standard InChI is InChI=1S/C21H25N3O3/c1-21(2)14-27-19-16(6-4-7-17(19)21)20(25)22-13-15-5-3-8-18(23-15)24-9-11-26-12-10-24/h3-8H,9-14H2,1-2H3,(H,22,25). The van der Waals surface area contributed by atoms with Crippen LogP contribution in [0.4, 0.5) is 5.82 Å². The zero-order valence-corrected chi connectivity index (χ0v) is 15.8. The molecule has 27 heavy (non-hydrogen) atoms. The van der Waals surface area contributed by atoms with Gasteiger partial charge in [0.1, 0.15) is 11.6 Å². The summed E-state index contributed by atoms with van der Waals surface area (Å²) in [5, 5.41) is 2.98. The molecular formula is C21H25N3O3. The van der Waals surface area contributed by atoms with E-state index in [1.807, 2.05) is 36.4 Å². The van der Waals surface area contributed by atoms with Gasteiger partial charge in [0.05, 0.1) is 37.6 Å². The number of nitrogens with one attached hydrogen (secondary N) is 1. The summed E-state index contributed by atoms with van der Waals surface area (Å²) in [7, 11) is 0. The lowest BCUT2D eigenvalue weighted by atomic mass is 9.86. The Kier molecular flexibility index (Phi) is 4.74. The van der Waals surface area contributed by atoms with Gasteiger partial charge in [-0.05, 0) is 18.2 Å². The van der Waals surface area contributed by atoms with Crippen LogP contribution in [0.1, 0.15) is 35.5 Å². The van der Waals surface area contributed by atoms with E-state index in [1.54, 1.807) is 0 Å². The molecule has 1 aromatic heterocycles. The van der Waals surface area contributed by atoms with E-state index in [0.29, 0.717) is 24.5 Å². The van der Waals surface area contributed by atoms with Gasteiger partial charge in [-0.2, -0.15) is 0 Å². The maximum absolute atomic E-state index is 12.7. The summed E-state index contributed by atoms with van der Waals surface area (Å²) in [5.74, 6) is 1.49. The molecule has 1 saturated heterocycles. The molecular weight excluding hydrogens is 342 g/mol. The van der Waals surface area contributed by atoms with Gasteiger partial charge in [0, 0.05) is 24.1 Å². The van der Waals surface area contributed by atoms with Crippen molar-refractivity contribution in [3.05, 3.63) is 53.2 Å². The third-order valence-corrected chi connectivity index (χ3v) is 5.12. The lowest BCUT2D eigenvalue weighted by molar-refractivity contribution is 0.0947. The van der Waals surface area contributed by atoms with Crippen molar-refractivity contribution in [2.24, 2.45) is 0 Å². The van der Waals surface area contributed by atoms with E-state index >= 15 is 0 Å². The largest absolute Gasteiger partial charge is 0.492 e. The summed E-state index contributed by atoms with van der Waals surface area (Å²) in [6, 6.07) is 11.7. The Morgan fingerprint density at radius 3 is 2.78 bits per heavy atom. The van der Waals surface area contributed by atoms with Crippen LogP contribution in [-0.2, 0) is 16.7 Å². The molecule has 4 rings (SSSR count). The van der Waals surface area contributed by atoms with Gasteiger partial charge in [-0.3, -0.25) is 4.79 Å². The van der Waals surface area contributed by atoms with Gasteiger partial charge in [0.15, 0.2) is 0 Å². The molecule has 0 radical (unpaired) electrons. The third kappa shape index (κ3) is 3.62. The Morgan fingerprint density at radius 2 is 1.96 bits per heavy atom. The second-order valence-corrected chi connectivity index (χ2v) is 7.62. The van der Waals surface area contributed by atoms with Crippen molar-refractivity contribution < 1.29 is 14.3 Å². The highest BCUT2D eigenvalue weighted by Crippen LogP contribution is 2.40. The number of carbonyl (C=O) groups is 1. The molecule has 3 heterocycles. The number of para-hydroxylation sites is 1. The molecule has 1 aromatic carbocycles. The Hall–Kier alpha value is -2.60. The number of hydrogen-bond acceptors (Lipinski definition) is 5. The van der Waals surface area contributed by atoms with Crippen molar-refractivity contribution in [2.45, 2.75) is 25.8 Å². The summed E-state index contributed by atoms with van der Waals surface area (Å²) in [6.07, 6.45) is 0. The molecule has 1 N–H and O–H groups in total. The summed E-state index contributed by atoms with van der Waals surface area (Å²) in [4.78, 5) is 19.6. The predicted octanol–water partition coefficient (Wildman–Crippen LogP) is 2.52. The van der Waals surface area contributed by atoms with Crippen LogP contribution >= 0.6 is 0 Å². The van der Waals surface area contributed by atoms with Gasteiger partial charge < -0.3 is 19.7 Å². The second kappa shape index (κ2) is 7.19. The van der Waals surface area contributed by atoms with Crippen molar-refractivity contribution in [1.82, 2.24) is 10.3 Å². The molecule has 0 bridgehead atoms. The normalized spacial score (nSPS) is 17.9. The number of ether oxygens (including phenoxy) is 2. The van der Waals surface area contributed by atoms with Gasteiger partial charge in [-0.15, -0.1) is 0 Å².